The Kier molecular flexibility index (Phi) is 7.63. The summed E-state index contributed by atoms with van der Waals surface area (Å²) in [5, 5.41) is 4.75. The van der Waals surface area contributed by atoms with Crippen molar-refractivity contribution in [3.63, 3.8) is 0 Å². The van der Waals surface area contributed by atoms with E-state index in [4.69, 9.17) is 9.47 Å². The summed E-state index contributed by atoms with van der Waals surface area (Å²) < 4.78 is 10.1. The molecule has 0 fully saturated rings. The van der Waals surface area contributed by atoms with E-state index in [1.54, 1.807) is 45.0 Å². The lowest BCUT2D eigenvalue weighted by Crippen LogP contribution is -2.40. The number of halogens is 1. The summed E-state index contributed by atoms with van der Waals surface area (Å²) in [4.78, 5) is 35.6. The topological polar surface area (TPSA) is 93.7 Å². The molecule has 0 aliphatic carbocycles. The molecule has 1 rings (SSSR count). The van der Waals surface area contributed by atoms with Gasteiger partial charge >= 0.3 is 12.1 Å². The highest BCUT2D eigenvalue weighted by atomic mass is 79.9. The fraction of sp³-hybridized carbons (Fsp3) is 0.353. The molecule has 7 nitrogen and oxygen atoms in total. The molecule has 2 N–H and O–H groups in total. The van der Waals surface area contributed by atoms with Crippen LogP contribution in [-0.4, -0.2) is 37.2 Å². The third-order valence-electron chi connectivity index (χ3n) is 2.69. The van der Waals surface area contributed by atoms with Gasteiger partial charge in [0.15, 0.2) is 0 Å². The molecule has 1 aromatic rings. The molecular formula is C17H21BrN2O5. The molecule has 0 bridgehead atoms. The van der Waals surface area contributed by atoms with Gasteiger partial charge in [-0.2, -0.15) is 0 Å². The Morgan fingerprint density at radius 2 is 1.72 bits per heavy atom. The Bertz CT molecular complexity index is 665. The first-order valence-corrected chi connectivity index (χ1v) is 8.23. The minimum atomic E-state index is -0.728. The number of amides is 2. The molecule has 0 aromatic heterocycles. The predicted octanol–water partition coefficient (Wildman–Crippen LogP) is 2.56. The highest BCUT2D eigenvalue weighted by Crippen LogP contribution is 2.24. The van der Waals surface area contributed by atoms with Crippen LogP contribution in [-0.2, 0) is 19.1 Å². The average molecular weight is 413 g/mol. The Hall–Kier alpha value is -2.35. The fourth-order valence-electron chi connectivity index (χ4n) is 1.68. The molecule has 1 aromatic carbocycles. The van der Waals surface area contributed by atoms with E-state index < -0.39 is 23.6 Å². The smallest absolute Gasteiger partial charge is 0.408 e. The van der Waals surface area contributed by atoms with Crippen LogP contribution in [0.1, 0.15) is 26.3 Å². The molecule has 0 aliphatic heterocycles. The number of nitrogens with one attached hydrogen (secondary N) is 2. The van der Waals surface area contributed by atoms with Crippen LogP contribution in [0, 0.1) is 0 Å². The normalized spacial score (nSPS) is 11.9. The number of methoxy groups -OCH3 is 1. The van der Waals surface area contributed by atoms with E-state index in [0.717, 1.165) is 0 Å². The molecule has 2 amide bonds. The van der Waals surface area contributed by atoms with Crippen LogP contribution in [0.2, 0.25) is 0 Å². The van der Waals surface area contributed by atoms with Gasteiger partial charge in [-0.1, -0.05) is 30.3 Å². The van der Waals surface area contributed by atoms with Crippen molar-refractivity contribution < 1.29 is 23.9 Å². The van der Waals surface area contributed by atoms with Gasteiger partial charge in [0.1, 0.15) is 17.8 Å². The van der Waals surface area contributed by atoms with Crippen molar-refractivity contribution in [1.29, 1.82) is 0 Å². The summed E-state index contributed by atoms with van der Waals surface area (Å²) in [6.45, 7) is 4.77. The van der Waals surface area contributed by atoms with E-state index in [9.17, 15) is 14.4 Å². The number of benzene rings is 1. The Balaban J connectivity index is 2.81. The van der Waals surface area contributed by atoms with Crippen LogP contribution in [0.3, 0.4) is 0 Å². The minimum absolute atomic E-state index is 0.0651. The Morgan fingerprint density at radius 3 is 2.24 bits per heavy atom. The van der Waals surface area contributed by atoms with Crippen molar-refractivity contribution in [1.82, 2.24) is 10.6 Å². The van der Waals surface area contributed by atoms with Crippen LogP contribution in [0.15, 0.2) is 36.0 Å². The van der Waals surface area contributed by atoms with Gasteiger partial charge < -0.3 is 20.1 Å². The van der Waals surface area contributed by atoms with Crippen molar-refractivity contribution in [3.05, 3.63) is 41.6 Å². The molecule has 136 valence electrons. The maximum absolute atomic E-state index is 12.0. The minimum Gasteiger partial charge on any atom is -0.464 e. The molecule has 0 spiro atoms. The van der Waals surface area contributed by atoms with Gasteiger partial charge in [-0.25, -0.2) is 9.59 Å². The third kappa shape index (κ3) is 7.38. The van der Waals surface area contributed by atoms with Gasteiger partial charge in [-0.05, 0) is 42.3 Å². The number of carbonyl (C=O) groups is 3. The number of hydrogen-bond donors (Lipinski definition) is 2. The molecular weight excluding hydrogens is 392 g/mol. The van der Waals surface area contributed by atoms with Crippen molar-refractivity contribution in [3.8, 4) is 0 Å². The monoisotopic (exact) mass is 412 g/mol. The van der Waals surface area contributed by atoms with E-state index >= 15 is 0 Å². The molecule has 25 heavy (non-hydrogen) atoms. The molecule has 0 unspecified atom stereocenters. The number of hydrogen-bond acceptors (Lipinski definition) is 5. The summed E-state index contributed by atoms with van der Waals surface area (Å²) >= 11 is 3.29. The third-order valence-corrected chi connectivity index (χ3v) is 3.55. The molecule has 0 aliphatic rings. The second-order valence-electron chi connectivity index (χ2n) is 5.95. The molecule has 0 heterocycles. The van der Waals surface area contributed by atoms with Gasteiger partial charge in [-0.15, -0.1) is 0 Å². The first-order valence-electron chi connectivity index (χ1n) is 7.44. The van der Waals surface area contributed by atoms with Crippen LogP contribution in [0.4, 0.5) is 4.79 Å². The van der Waals surface area contributed by atoms with E-state index in [0.29, 0.717) is 10.0 Å². The van der Waals surface area contributed by atoms with Gasteiger partial charge in [0, 0.05) is 0 Å². The van der Waals surface area contributed by atoms with E-state index in [1.165, 1.54) is 7.11 Å². The Labute approximate surface area is 154 Å². The highest BCUT2D eigenvalue weighted by molar-refractivity contribution is 9.15. The zero-order valence-electron chi connectivity index (χ0n) is 14.5. The van der Waals surface area contributed by atoms with E-state index in [-0.39, 0.29) is 12.2 Å². The standard InChI is InChI=1S/C17H21BrN2O5/c1-17(2,3)25-16(23)19-10-12(21)20-14(15(22)24-4)13(18)11-8-6-5-7-9-11/h5-9H,10H2,1-4H3,(H,19,23)(H,20,21)/b14-13+. The summed E-state index contributed by atoms with van der Waals surface area (Å²) in [6.07, 6.45) is -0.728. The molecule has 0 atom stereocenters. The largest absolute Gasteiger partial charge is 0.464 e. The lowest BCUT2D eigenvalue weighted by atomic mass is 10.2. The van der Waals surface area contributed by atoms with E-state index in [2.05, 4.69) is 26.6 Å². The van der Waals surface area contributed by atoms with Crippen LogP contribution >= 0.6 is 15.9 Å². The van der Waals surface area contributed by atoms with Crippen LogP contribution in [0.5, 0.6) is 0 Å². The van der Waals surface area contributed by atoms with Crippen LogP contribution < -0.4 is 10.6 Å². The second-order valence-corrected chi connectivity index (χ2v) is 6.74. The second kappa shape index (κ2) is 9.22. The lowest BCUT2D eigenvalue weighted by molar-refractivity contribution is -0.137. The SMILES string of the molecule is COC(=O)/C(NC(=O)CNC(=O)OC(C)(C)C)=C(\Br)c1ccccc1. The zero-order chi connectivity index (χ0) is 19.0. The number of carbonyl (C=O) groups excluding carboxylic acids is 3. The summed E-state index contributed by atoms with van der Waals surface area (Å²) in [5.41, 5.74) is -0.0541. The maximum atomic E-state index is 12.0. The quantitative estimate of drug-likeness (QED) is 0.572. The van der Waals surface area contributed by atoms with Crippen LogP contribution in [0.25, 0.3) is 4.48 Å². The summed E-state index contributed by atoms with van der Waals surface area (Å²) in [7, 11) is 1.21. The predicted molar refractivity (Wildman–Crippen MR) is 96.7 cm³/mol. The van der Waals surface area contributed by atoms with Gasteiger partial charge in [0.05, 0.1) is 11.6 Å². The molecule has 0 radical (unpaired) electrons. The van der Waals surface area contributed by atoms with Gasteiger partial charge in [0.25, 0.3) is 0 Å². The summed E-state index contributed by atoms with van der Waals surface area (Å²) in [5.74, 6) is -1.32. The number of alkyl carbamates (subject to hydrolysis) is 1. The molecule has 8 heteroatoms. The number of ether oxygens (including phenoxy) is 2. The lowest BCUT2D eigenvalue weighted by Gasteiger charge is -2.19. The fourth-order valence-corrected chi connectivity index (χ4v) is 2.20. The average Bonchev–Trinajstić information content (AvgIpc) is 2.56. The van der Waals surface area contributed by atoms with E-state index in [1.807, 2.05) is 6.07 Å². The van der Waals surface area contributed by atoms with Crippen molar-refractivity contribution in [2.24, 2.45) is 0 Å². The molecule has 0 saturated heterocycles. The van der Waals surface area contributed by atoms with Gasteiger partial charge in [-0.3, -0.25) is 4.79 Å². The first-order chi connectivity index (χ1) is 11.6. The maximum Gasteiger partial charge on any atom is 0.408 e. The Morgan fingerprint density at radius 1 is 1.12 bits per heavy atom. The van der Waals surface area contributed by atoms with Crippen molar-refractivity contribution in [2.45, 2.75) is 26.4 Å². The molecule has 0 saturated carbocycles. The van der Waals surface area contributed by atoms with Crippen molar-refractivity contribution >= 4 is 38.4 Å². The zero-order valence-corrected chi connectivity index (χ0v) is 16.1. The summed E-state index contributed by atoms with van der Waals surface area (Å²) in [6, 6.07) is 8.93. The van der Waals surface area contributed by atoms with Crippen molar-refractivity contribution in [2.75, 3.05) is 13.7 Å². The first kappa shape index (κ1) is 20.7. The van der Waals surface area contributed by atoms with Gasteiger partial charge in [0.2, 0.25) is 5.91 Å². The number of rotatable bonds is 5. The highest BCUT2D eigenvalue weighted by Gasteiger charge is 2.20. The number of esters is 1.